The zero-order valence-electron chi connectivity index (χ0n) is 26.8. The number of amides is 4. The van der Waals surface area contributed by atoms with Crippen molar-refractivity contribution in [2.75, 3.05) is 36.5 Å². The minimum Gasteiger partial charge on any atom is -0.489 e. The van der Waals surface area contributed by atoms with Crippen LogP contribution in [0.2, 0.25) is 0 Å². The largest absolute Gasteiger partial charge is 0.489 e. The van der Waals surface area contributed by atoms with Gasteiger partial charge in [-0.15, -0.1) is 0 Å². The number of benzene rings is 3. The molecule has 0 radical (unpaired) electrons. The fraction of sp³-hybridized carbons (Fsp3) is 0.333. The van der Waals surface area contributed by atoms with Gasteiger partial charge in [0.15, 0.2) is 17.5 Å². The predicted octanol–water partition coefficient (Wildman–Crippen LogP) is 5.41. The number of urea groups is 1. The van der Waals surface area contributed by atoms with E-state index in [4.69, 9.17) is 4.74 Å². The summed E-state index contributed by atoms with van der Waals surface area (Å²) in [6, 6.07) is 8.88. The van der Waals surface area contributed by atoms with E-state index in [-0.39, 0.29) is 29.8 Å². The molecule has 262 valence electrons. The van der Waals surface area contributed by atoms with Gasteiger partial charge in [0.25, 0.3) is 5.91 Å². The van der Waals surface area contributed by atoms with Crippen LogP contribution in [0.15, 0.2) is 61.2 Å². The molecule has 2 aliphatic heterocycles. The number of fused-ring (bicyclic) bond motifs is 3. The van der Waals surface area contributed by atoms with Crippen LogP contribution in [0.25, 0.3) is 0 Å². The highest BCUT2D eigenvalue weighted by Crippen LogP contribution is 2.53. The molecule has 50 heavy (non-hydrogen) atoms. The fourth-order valence-corrected chi connectivity index (χ4v) is 7.31. The topological polar surface area (TPSA) is 128 Å². The van der Waals surface area contributed by atoms with Gasteiger partial charge in [0, 0.05) is 37.7 Å². The van der Waals surface area contributed by atoms with Crippen molar-refractivity contribution in [3.63, 3.8) is 0 Å². The first-order chi connectivity index (χ1) is 23.9. The van der Waals surface area contributed by atoms with E-state index in [9.17, 15) is 41.8 Å². The van der Waals surface area contributed by atoms with E-state index in [0.29, 0.717) is 74.8 Å². The number of carbonyl (C=O) groups excluding carboxylic acids is 3. The zero-order chi connectivity index (χ0) is 35.7. The Balaban J connectivity index is 1.10. The summed E-state index contributed by atoms with van der Waals surface area (Å²) in [7, 11) is 0. The lowest BCUT2D eigenvalue weighted by atomic mass is 9.73. The highest BCUT2D eigenvalue weighted by molar-refractivity contribution is 6.03. The molecule has 2 atom stereocenters. The van der Waals surface area contributed by atoms with E-state index in [0.717, 1.165) is 11.1 Å². The Bertz CT molecular complexity index is 1860. The Morgan fingerprint density at radius 3 is 2.40 bits per heavy atom. The van der Waals surface area contributed by atoms with Gasteiger partial charge in [-0.25, -0.2) is 27.2 Å². The summed E-state index contributed by atoms with van der Waals surface area (Å²) in [6.07, 6.45) is 2.05. The minimum absolute atomic E-state index is 0.128. The van der Waals surface area contributed by atoms with Gasteiger partial charge in [-0.2, -0.15) is 0 Å². The number of carboxylic acid groups (broad SMARTS) is 1. The molecule has 2 heterocycles. The zero-order valence-corrected chi connectivity index (χ0v) is 26.8. The third kappa shape index (κ3) is 6.87. The number of rotatable bonds is 8. The number of piperidine rings is 1. The van der Waals surface area contributed by atoms with Gasteiger partial charge < -0.3 is 30.3 Å². The number of aliphatic carboxylic acids is 1. The van der Waals surface area contributed by atoms with Crippen molar-refractivity contribution < 1.29 is 46.6 Å². The molecule has 0 unspecified atom stereocenters. The number of carbonyl (C=O) groups is 4. The van der Waals surface area contributed by atoms with Crippen LogP contribution in [0.5, 0.6) is 5.75 Å². The van der Waals surface area contributed by atoms with Gasteiger partial charge >= 0.3 is 12.0 Å². The number of halogens is 4. The molecule has 0 bridgehead atoms. The van der Waals surface area contributed by atoms with Crippen LogP contribution in [-0.2, 0) is 26.2 Å². The van der Waals surface area contributed by atoms with Crippen LogP contribution >= 0.6 is 0 Å². The standard InChI is InChI=1S/C36H34F4N4O6/c1-2-32(46)44-11-12-50-30-18-23(4-6-29(30)44)41-35(49)43-9-7-36(8-10-43)19-21(24-5-3-22(37)17-25(24)36)16-31(45)42-28(34(47)48)15-20-13-26(38)33(40)27(39)14-20/h2-6,13-14,17-18,21,28H,1,7-12,15-16,19H2,(H,41,49)(H,42,45)(H,47,48)/t21-,28-/m1/s1. The van der Waals surface area contributed by atoms with Crippen molar-refractivity contribution in [2.45, 2.75) is 49.5 Å². The number of hydrogen-bond donors (Lipinski definition) is 3. The smallest absolute Gasteiger partial charge is 0.326 e. The number of hydrogen-bond acceptors (Lipinski definition) is 5. The van der Waals surface area contributed by atoms with Crippen molar-refractivity contribution in [3.05, 3.63) is 101 Å². The molecule has 4 amide bonds. The quantitative estimate of drug-likeness (QED) is 0.165. The summed E-state index contributed by atoms with van der Waals surface area (Å²) in [4.78, 5) is 53.8. The first-order valence-electron chi connectivity index (χ1n) is 16.1. The highest BCUT2D eigenvalue weighted by Gasteiger charge is 2.46. The third-order valence-electron chi connectivity index (χ3n) is 9.73. The Hall–Kier alpha value is -5.40. The fourth-order valence-electron chi connectivity index (χ4n) is 7.31. The maximum Gasteiger partial charge on any atom is 0.326 e. The van der Waals surface area contributed by atoms with Crippen LogP contribution in [0.4, 0.5) is 33.7 Å². The summed E-state index contributed by atoms with van der Waals surface area (Å²) in [5, 5.41) is 15.0. The molecule has 3 aromatic rings. The second-order valence-electron chi connectivity index (χ2n) is 12.8. The van der Waals surface area contributed by atoms with Gasteiger partial charge in [-0.3, -0.25) is 9.59 Å². The molecule has 0 saturated carbocycles. The van der Waals surface area contributed by atoms with E-state index in [1.807, 2.05) is 0 Å². The molecule has 1 aliphatic carbocycles. The first-order valence-corrected chi connectivity index (χ1v) is 16.1. The van der Waals surface area contributed by atoms with Crippen LogP contribution < -0.4 is 20.3 Å². The van der Waals surface area contributed by atoms with Crippen molar-refractivity contribution in [1.82, 2.24) is 10.2 Å². The van der Waals surface area contributed by atoms with Crippen LogP contribution in [0.1, 0.15) is 48.3 Å². The third-order valence-corrected chi connectivity index (χ3v) is 9.73. The molecular formula is C36H34F4N4O6. The molecule has 0 aromatic heterocycles. The van der Waals surface area contributed by atoms with E-state index < -0.39 is 53.0 Å². The molecule has 1 saturated heterocycles. The Labute approximate surface area is 284 Å². The van der Waals surface area contributed by atoms with Crippen molar-refractivity contribution in [1.29, 1.82) is 0 Å². The molecular weight excluding hydrogens is 660 g/mol. The number of carboxylic acids is 1. The SMILES string of the molecule is C=CC(=O)N1CCOc2cc(NC(=O)N3CCC4(CC3)C[C@@H](CC(=O)N[C@H](Cc3cc(F)c(F)c(F)c3)C(=O)O)c3ccc(F)cc34)ccc21. The highest BCUT2D eigenvalue weighted by atomic mass is 19.2. The number of nitrogens with zero attached hydrogens (tertiary/aromatic N) is 2. The second kappa shape index (κ2) is 13.8. The van der Waals surface area contributed by atoms with Gasteiger partial charge in [-0.1, -0.05) is 12.6 Å². The van der Waals surface area contributed by atoms with E-state index in [1.165, 1.54) is 18.2 Å². The van der Waals surface area contributed by atoms with Gasteiger partial charge in [0.2, 0.25) is 5.91 Å². The molecule has 14 heteroatoms. The summed E-state index contributed by atoms with van der Waals surface area (Å²) >= 11 is 0. The lowest BCUT2D eigenvalue weighted by Gasteiger charge is -2.40. The normalized spacial score (nSPS) is 18.0. The monoisotopic (exact) mass is 694 g/mol. The molecule has 3 aliphatic rings. The second-order valence-corrected chi connectivity index (χ2v) is 12.8. The van der Waals surface area contributed by atoms with Crippen molar-refractivity contribution >= 4 is 35.2 Å². The molecule has 1 fully saturated rings. The van der Waals surface area contributed by atoms with Crippen LogP contribution in [-0.4, -0.2) is 66.1 Å². The van der Waals surface area contributed by atoms with Crippen molar-refractivity contribution in [3.8, 4) is 5.75 Å². The minimum atomic E-state index is -1.68. The Kier molecular flexibility index (Phi) is 9.54. The molecule has 6 rings (SSSR count). The number of nitrogens with one attached hydrogen (secondary N) is 2. The van der Waals surface area contributed by atoms with E-state index in [1.54, 1.807) is 34.1 Å². The van der Waals surface area contributed by atoms with Crippen LogP contribution in [0, 0.1) is 23.3 Å². The van der Waals surface area contributed by atoms with Gasteiger partial charge in [-0.05, 0) is 89.8 Å². The summed E-state index contributed by atoms with van der Waals surface area (Å²) < 4.78 is 61.1. The molecule has 3 N–H and O–H groups in total. The predicted molar refractivity (Wildman–Crippen MR) is 174 cm³/mol. The number of likely N-dealkylation sites (tertiary alicyclic amines) is 1. The molecule has 1 spiro atoms. The molecule has 10 nitrogen and oxygen atoms in total. The summed E-state index contributed by atoms with van der Waals surface area (Å²) in [6.45, 7) is 4.89. The van der Waals surface area contributed by atoms with Gasteiger partial charge in [0.1, 0.15) is 24.2 Å². The maximum atomic E-state index is 14.6. The Morgan fingerprint density at radius 2 is 1.72 bits per heavy atom. The van der Waals surface area contributed by atoms with Crippen LogP contribution in [0.3, 0.4) is 0 Å². The number of ether oxygens (including phenoxy) is 1. The summed E-state index contributed by atoms with van der Waals surface area (Å²) in [5.41, 5.74) is 1.88. The number of anilines is 2. The Morgan fingerprint density at radius 1 is 1.00 bits per heavy atom. The maximum absolute atomic E-state index is 14.6. The lowest BCUT2D eigenvalue weighted by molar-refractivity contribution is -0.141. The van der Waals surface area contributed by atoms with Crippen molar-refractivity contribution in [2.24, 2.45) is 0 Å². The first kappa shape index (κ1) is 34.5. The lowest BCUT2D eigenvalue weighted by Crippen LogP contribution is -2.46. The summed E-state index contributed by atoms with van der Waals surface area (Å²) in [5.74, 6) is -7.31. The molecule has 3 aromatic carbocycles. The van der Waals surface area contributed by atoms with E-state index >= 15 is 0 Å². The van der Waals surface area contributed by atoms with Gasteiger partial charge in [0.05, 0.1) is 12.2 Å². The average Bonchev–Trinajstić information content (AvgIpc) is 3.36. The van der Waals surface area contributed by atoms with E-state index in [2.05, 4.69) is 17.2 Å². The average molecular weight is 695 g/mol.